The van der Waals surface area contributed by atoms with Crippen molar-refractivity contribution in [1.82, 2.24) is 4.90 Å². The Morgan fingerprint density at radius 3 is 1.93 bits per heavy atom. The Balaban J connectivity index is 1.61. The Kier molecular flexibility index (Phi) is 8.13. The summed E-state index contributed by atoms with van der Waals surface area (Å²) in [4.78, 5) is 13.4. The molecule has 1 aliphatic rings. The van der Waals surface area contributed by atoms with Crippen LogP contribution in [0.1, 0.15) is 36.8 Å². The smallest absolute Gasteiger partial charge is 0.156 e. The van der Waals surface area contributed by atoms with E-state index >= 15 is 0 Å². The van der Waals surface area contributed by atoms with Gasteiger partial charge in [0.25, 0.3) is 0 Å². The zero-order valence-corrected chi connectivity index (χ0v) is 17.5. The number of nitrogens with zero attached hydrogens (tertiary/aromatic N) is 1. The summed E-state index contributed by atoms with van der Waals surface area (Å²) in [6.07, 6.45) is 7.20. The van der Waals surface area contributed by atoms with Gasteiger partial charge in [-0.1, -0.05) is 60.7 Å². The zero-order valence-electron chi connectivity index (χ0n) is 16.7. The third kappa shape index (κ3) is 6.20. The summed E-state index contributed by atoms with van der Waals surface area (Å²) in [7, 11) is -0.334. The highest BCUT2D eigenvalue weighted by Gasteiger charge is 2.30. The Bertz CT molecular complexity index is 660. The van der Waals surface area contributed by atoms with Crippen molar-refractivity contribution in [3.63, 3.8) is 0 Å². The Labute approximate surface area is 172 Å². The minimum absolute atomic E-state index is 0.334. The van der Waals surface area contributed by atoms with Gasteiger partial charge in [-0.25, -0.2) is 0 Å². The van der Waals surface area contributed by atoms with Gasteiger partial charge < -0.3 is 5.11 Å². The molecule has 0 bridgehead atoms. The van der Waals surface area contributed by atoms with Gasteiger partial charge in [-0.15, -0.1) is 0 Å². The lowest BCUT2D eigenvalue weighted by Crippen LogP contribution is -2.41. The SMILES string of the molecule is C[S+](CC1CCC(N(Cc2ccccc2)Cc2ccccc2)CC1)C([O-])C=O. The average molecular weight is 398 g/mol. The summed E-state index contributed by atoms with van der Waals surface area (Å²) in [5.74, 6) is 1.51. The standard InChI is InChI=1S/C24H31NO2S/c1-28(24(27)18-26)19-22-12-14-23(15-13-22)25(16-20-8-4-2-5-9-20)17-21-10-6-3-7-11-21/h2-11,18,22-24H,12-17,19H2,1H3. The summed E-state index contributed by atoms with van der Waals surface area (Å²) in [5, 5.41) is 11.7. The van der Waals surface area contributed by atoms with Gasteiger partial charge in [0.2, 0.25) is 0 Å². The Hall–Kier alpha value is -1.62. The van der Waals surface area contributed by atoms with Crippen molar-refractivity contribution in [3.8, 4) is 0 Å². The van der Waals surface area contributed by atoms with E-state index in [4.69, 9.17) is 0 Å². The Morgan fingerprint density at radius 1 is 0.964 bits per heavy atom. The van der Waals surface area contributed by atoms with Gasteiger partial charge in [0, 0.05) is 25.0 Å². The maximum Gasteiger partial charge on any atom is 0.156 e. The summed E-state index contributed by atoms with van der Waals surface area (Å²) >= 11 is 0. The number of carbonyl (C=O) groups is 1. The lowest BCUT2D eigenvalue weighted by atomic mass is 9.86. The fraction of sp³-hybridized carbons (Fsp3) is 0.458. The fourth-order valence-corrected chi connectivity index (χ4v) is 5.64. The monoisotopic (exact) mass is 397 g/mol. The lowest BCUT2D eigenvalue weighted by molar-refractivity contribution is -0.369. The minimum Gasteiger partial charge on any atom is -0.806 e. The van der Waals surface area contributed by atoms with E-state index in [0.29, 0.717) is 18.2 Å². The molecule has 2 atom stereocenters. The van der Waals surface area contributed by atoms with Gasteiger partial charge in [-0.05, 0) is 47.7 Å². The molecule has 1 aliphatic carbocycles. The van der Waals surface area contributed by atoms with Crippen molar-refractivity contribution in [1.29, 1.82) is 0 Å². The summed E-state index contributed by atoms with van der Waals surface area (Å²) < 4.78 is 0. The maximum absolute atomic E-state index is 11.7. The molecule has 2 aromatic rings. The topological polar surface area (TPSA) is 43.4 Å². The molecule has 3 rings (SSSR count). The first kappa shape index (κ1) is 21.1. The minimum atomic E-state index is -1.04. The molecule has 4 heteroatoms. The van der Waals surface area contributed by atoms with Crippen LogP contribution in [0.5, 0.6) is 0 Å². The van der Waals surface area contributed by atoms with Crippen molar-refractivity contribution in [2.45, 2.75) is 50.3 Å². The molecule has 0 aliphatic heterocycles. The number of rotatable bonds is 9. The van der Waals surface area contributed by atoms with Crippen LogP contribution in [0, 0.1) is 5.92 Å². The molecule has 0 radical (unpaired) electrons. The summed E-state index contributed by atoms with van der Waals surface area (Å²) in [6, 6.07) is 22.0. The summed E-state index contributed by atoms with van der Waals surface area (Å²) in [5.41, 5.74) is 1.68. The molecule has 2 unspecified atom stereocenters. The van der Waals surface area contributed by atoms with Crippen LogP contribution in [0.25, 0.3) is 0 Å². The van der Waals surface area contributed by atoms with Crippen molar-refractivity contribution >= 4 is 17.2 Å². The Morgan fingerprint density at radius 2 is 1.46 bits per heavy atom. The number of hydrogen-bond donors (Lipinski definition) is 0. The largest absolute Gasteiger partial charge is 0.806 e. The maximum atomic E-state index is 11.7. The van der Waals surface area contributed by atoms with Crippen LogP contribution in [-0.4, -0.2) is 34.7 Å². The zero-order chi connectivity index (χ0) is 19.8. The molecule has 1 fully saturated rings. The van der Waals surface area contributed by atoms with Gasteiger partial charge in [-0.2, -0.15) is 0 Å². The molecule has 0 amide bonds. The second-order valence-electron chi connectivity index (χ2n) is 7.91. The van der Waals surface area contributed by atoms with Crippen LogP contribution in [0.15, 0.2) is 60.7 Å². The van der Waals surface area contributed by atoms with E-state index in [9.17, 15) is 9.90 Å². The highest BCUT2D eigenvalue weighted by molar-refractivity contribution is 7.97. The molecule has 0 aromatic heterocycles. The third-order valence-corrected chi connectivity index (χ3v) is 7.70. The third-order valence-electron chi connectivity index (χ3n) is 5.80. The van der Waals surface area contributed by atoms with Gasteiger partial charge in [0.1, 0.15) is 11.2 Å². The van der Waals surface area contributed by atoms with E-state index in [1.807, 2.05) is 6.26 Å². The van der Waals surface area contributed by atoms with Crippen LogP contribution in [-0.2, 0) is 28.8 Å². The number of aldehydes is 1. The molecule has 3 nitrogen and oxygen atoms in total. The predicted molar refractivity (Wildman–Crippen MR) is 116 cm³/mol. The highest BCUT2D eigenvalue weighted by atomic mass is 32.2. The van der Waals surface area contributed by atoms with Gasteiger partial charge >= 0.3 is 0 Å². The van der Waals surface area contributed by atoms with Crippen LogP contribution in [0.2, 0.25) is 0 Å². The molecule has 1 saturated carbocycles. The quantitative estimate of drug-likeness (QED) is 0.481. The van der Waals surface area contributed by atoms with Crippen molar-refractivity contribution < 1.29 is 9.90 Å². The highest BCUT2D eigenvalue weighted by Crippen LogP contribution is 2.30. The summed E-state index contributed by atoms with van der Waals surface area (Å²) in [6.45, 7) is 1.94. The molecule has 2 aromatic carbocycles. The first-order chi connectivity index (χ1) is 13.7. The number of hydrogen-bond acceptors (Lipinski definition) is 3. The van der Waals surface area contributed by atoms with Crippen LogP contribution in [0.4, 0.5) is 0 Å². The number of carbonyl (C=O) groups excluding carboxylic acids is 1. The molecular formula is C24H31NO2S. The number of benzene rings is 2. The van der Waals surface area contributed by atoms with Gasteiger partial charge in [-0.3, -0.25) is 9.69 Å². The van der Waals surface area contributed by atoms with E-state index in [1.165, 1.54) is 24.0 Å². The van der Waals surface area contributed by atoms with E-state index in [-0.39, 0.29) is 10.9 Å². The molecule has 28 heavy (non-hydrogen) atoms. The molecule has 0 N–H and O–H groups in total. The average Bonchev–Trinajstić information content (AvgIpc) is 2.74. The van der Waals surface area contributed by atoms with Crippen molar-refractivity contribution in [2.24, 2.45) is 5.92 Å². The molecule has 0 spiro atoms. The molecule has 0 saturated heterocycles. The normalized spacial score (nSPS) is 22.0. The molecule has 0 heterocycles. The van der Waals surface area contributed by atoms with E-state index < -0.39 is 5.44 Å². The predicted octanol–water partition coefficient (Wildman–Crippen LogP) is 3.38. The van der Waals surface area contributed by atoms with Crippen molar-refractivity contribution in [3.05, 3.63) is 71.8 Å². The molecular weight excluding hydrogens is 366 g/mol. The first-order valence-corrected chi connectivity index (χ1v) is 12.1. The van der Waals surface area contributed by atoms with Crippen LogP contribution < -0.4 is 5.11 Å². The second-order valence-corrected chi connectivity index (χ2v) is 10.1. The van der Waals surface area contributed by atoms with Crippen LogP contribution >= 0.6 is 0 Å². The first-order valence-electron chi connectivity index (χ1n) is 10.2. The van der Waals surface area contributed by atoms with Crippen molar-refractivity contribution in [2.75, 3.05) is 12.0 Å². The lowest BCUT2D eigenvalue weighted by Gasteiger charge is -2.37. The molecule has 150 valence electrons. The second kappa shape index (κ2) is 10.8. The van der Waals surface area contributed by atoms with E-state index in [0.717, 1.165) is 31.7 Å². The van der Waals surface area contributed by atoms with Gasteiger partial charge in [0.05, 0.1) is 6.26 Å². The van der Waals surface area contributed by atoms with E-state index in [2.05, 4.69) is 65.6 Å². The van der Waals surface area contributed by atoms with Crippen LogP contribution in [0.3, 0.4) is 0 Å². The fourth-order valence-electron chi connectivity index (χ4n) is 4.19. The van der Waals surface area contributed by atoms with Gasteiger partial charge in [0.15, 0.2) is 6.29 Å². The van der Waals surface area contributed by atoms with E-state index in [1.54, 1.807) is 0 Å².